The number of rotatable bonds is 17. The summed E-state index contributed by atoms with van der Waals surface area (Å²) in [5.74, 6) is -3.15. The summed E-state index contributed by atoms with van der Waals surface area (Å²) in [6.45, 7) is 14.8. The quantitative estimate of drug-likeness (QED) is 0.0658. The molecule has 380 valence electrons. The molecule has 0 bridgehead atoms. The highest BCUT2D eigenvalue weighted by Gasteiger charge is 2.64. The van der Waals surface area contributed by atoms with Gasteiger partial charge in [0.05, 0.1) is 44.9 Å². The molecule has 7 rings (SSSR count). The van der Waals surface area contributed by atoms with Crippen LogP contribution in [0.1, 0.15) is 82.1 Å². The molecule has 5 aromatic rings. The van der Waals surface area contributed by atoms with Crippen LogP contribution in [0.3, 0.4) is 0 Å². The van der Waals surface area contributed by atoms with Crippen molar-refractivity contribution in [3.63, 3.8) is 0 Å². The van der Waals surface area contributed by atoms with Gasteiger partial charge in [0, 0.05) is 48.0 Å². The van der Waals surface area contributed by atoms with Gasteiger partial charge in [0.1, 0.15) is 60.6 Å². The van der Waals surface area contributed by atoms with E-state index in [-0.39, 0.29) is 60.5 Å². The SMILES string of the molecule is Cc1ncsc1-c1ccc(CNC(=O)[C@@H]2C[C@@H](O)CN2C(=O)C(NC(=O)COCCOc2ccc(-c3c(F)cc(C(=O)NC4C(C)(C)C(Oc5ccc(C#N)c(Cl)c5)C4(C)C)cc3F)cc2)C(C)(C)C)cc1. The highest BCUT2D eigenvalue weighted by atomic mass is 35.5. The molecule has 14 nitrogen and oxygen atoms in total. The summed E-state index contributed by atoms with van der Waals surface area (Å²) >= 11 is 7.76. The third kappa shape index (κ3) is 11.7. The predicted octanol–water partition coefficient (Wildman–Crippen LogP) is 8.41. The lowest BCUT2D eigenvalue weighted by molar-refractivity contribution is -0.164. The summed E-state index contributed by atoms with van der Waals surface area (Å²) in [6, 6.07) is 20.2. The van der Waals surface area contributed by atoms with Crippen molar-refractivity contribution >= 4 is 46.6 Å². The van der Waals surface area contributed by atoms with Gasteiger partial charge in [-0.05, 0) is 65.4 Å². The number of amides is 4. The number of aryl methyl sites for hydroxylation is 1. The highest BCUT2D eigenvalue weighted by molar-refractivity contribution is 7.13. The molecule has 1 unspecified atom stereocenters. The van der Waals surface area contributed by atoms with E-state index < -0.39 is 82.3 Å². The second kappa shape index (κ2) is 21.7. The fraction of sp³-hybridized carbons (Fsp3) is 0.407. The Balaban J connectivity index is 0.866. The van der Waals surface area contributed by atoms with Crippen LogP contribution in [-0.4, -0.2) is 95.3 Å². The first-order chi connectivity index (χ1) is 34.0. The fourth-order valence-electron chi connectivity index (χ4n) is 9.87. The molecule has 1 aliphatic heterocycles. The average molecular weight is 1030 g/mol. The number of carbonyl (C=O) groups is 4. The van der Waals surface area contributed by atoms with E-state index in [0.29, 0.717) is 17.1 Å². The van der Waals surface area contributed by atoms with E-state index in [4.69, 9.17) is 25.8 Å². The fourth-order valence-corrected chi connectivity index (χ4v) is 10.9. The molecule has 0 radical (unpaired) electrons. The molecule has 1 aliphatic carbocycles. The first-order valence-corrected chi connectivity index (χ1v) is 24.8. The number of hydrogen-bond acceptors (Lipinski definition) is 11. The van der Waals surface area contributed by atoms with E-state index in [1.54, 1.807) is 55.8 Å². The van der Waals surface area contributed by atoms with E-state index in [2.05, 4.69) is 20.9 Å². The number of likely N-dealkylation sites (tertiary alicyclic amines) is 1. The molecular weight excluding hydrogens is 966 g/mol. The molecule has 3 atom stereocenters. The number of nitriles is 1. The minimum absolute atomic E-state index is 0.0147. The number of halogens is 3. The molecule has 1 aromatic heterocycles. The summed E-state index contributed by atoms with van der Waals surface area (Å²) < 4.78 is 48.8. The van der Waals surface area contributed by atoms with Crippen LogP contribution in [0.25, 0.3) is 21.6 Å². The number of benzene rings is 4. The smallest absolute Gasteiger partial charge is 0.251 e. The number of aromatic nitrogens is 1. The second-order valence-corrected chi connectivity index (χ2v) is 21.7. The molecular formula is C54H59ClF2N6O8S. The van der Waals surface area contributed by atoms with Gasteiger partial charge in [0.2, 0.25) is 17.7 Å². The summed E-state index contributed by atoms with van der Waals surface area (Å²) in [6.07, 6.45) is -1.24. The third-order valence-corrected chi connectivity index (χ3v) is 14.6. The van der Waals surface area contributed by atoms with Crippen LogP contribution in [0.2, 0.25) is 5.02 Å². The van der Waals surface area contributed by atoms with Crippen molar-refractivity contribution in [1.82, 2.24) is 25.8 Å². The Hall–Kier alpha value is -6.45. The van der Waals surface area contributed by atoms with Crippen LogP contribution in [0.15, 0.2) is 84.4 Å². The summed E-state index contributed by atoms with van der Waals surface area (Å²) in [4.78, 5) is 60.7. The Morgan fingerprint density at radius 2 is 1.58 bits per heavy atom. The Morgan fingerprint density at radius 1 is 0.944 bits per heavy atom. The lowest BCUT2D eigenvalue weighted by atomic mass is 9.49. The lowest BCUT2D eigenvalue weighted by Gasteiger charge is -2.63. The van der Waals surface area contributed by atoms with E-state index in [0.717, 1.165) is 33.8 Å². The van der Waals surface area contributed by atoms with Gasteiger partial charge in [-0.25, -0.2) is 13.8 Å². The number of nitrogens with zero attached hydrogens (tertiary/aromatic N) is 3. The molecule has 2 aliphatic rings. The minimum atomic E-state index is -1.04. The topological polar surface area (TPSA) is 192 Å². The molecule has 72 heavy (non-hydrogen) atoms. The van der Waals surface area contributed by atoms with Gasteiger partial charge >= 0.3 is 0 Å². The van der Waals surface area contributed by atoms with Crippen molar-refractivity contribution in [3.05, 3.63) is 123 Å². The van der Waals surface area contributed by atoms with E-state index >= 15 is 8.78 Å². The van der Waals surface area contributed by atoms with Gasteiger partial charge in [0.25, 0.3) is 5.91 Å². The predicted molar refractivity (Wildman–Crippen MR) is 269 cm³/mol. The van der Waals surface area contributed by atoms with E-state index in [9.17, 15) is 29.5 Å². The zero-order chi connectivity index (χ0) is 52.3. The number of nitrogens with one attached hydrogen (secondary N) is 3. The highest BCUT2D eigenvalue weighted by Crippen LogP contribution is 2.55. The first kappa shape index (κ1) is 53.4. The normalized spacial score (nSPS) is 19.3. The molecule has 2 fully saturated rings. The monoisotopic (exact) mass is 1020 g/mol. The zero-order valence-corrected chi connectivity index (χ0v) is 43.0. The first-order valence-electron chi connectivity index (χ1n) is 23.5. The van der Waals surface area contributed by atoms with Crippen molar-refractivity contribution in [2.24, 2.45) is 16.2 Å². The lowest BCUT2D eigenvalue weighted by Crippen LogP contribution is -2.74. The minimum Gasteiger partial charge on any atom is -0.491 e. The molecule has 2 heterocycles. The van der Waals surface area contributed by atoms with Crippen LogP contribution in [0.5, 0.6) is 11.5 Å². The van der Waals surface area contributed by atoms with Crippen LogP contribution < -0.4 is 25.4 Å². The number of ether oxygens (including phenoxy) is 3. The van der Waals surface area contributed by atoms with Crippen LogP contribution in [0, 0.1) is 46.1 Å². The van der Waals surface area contributed by atoms with E-state index in [1.165, 1.54) is 29.2 Å². The Morgan fingerprint density at radius 3 is 2.18 bits per heavy atom. The summed E-state index contributed by atoms with van der Waals surface area (Å²) in [5, 5.41) is 28.7. The molecule has 4 N–H and O–H groups in total. The van der Waals surface area contributed by atoms with Crippen molar-refractivity contribution in [3.8, 4) is 39.1 Å². The number of aliphatic hydroxyl groups is 1. The maximum atomic E-state index is 15.6. The molecule has 0 spiro atoms. The summed E-state index contributed by atoms with van der Waals surface area (Å²) in [5.41, 5.74) is 2.69. The third-order valence-electron chi connectivity index (χ3n) is 13.3. The zero-order valence-electron chi connectivity index (χ0n) is 41.4. The maximum Gasteiger partial charge on any atom is 0.251 e. The molecule has 1 saturated carbocycles. The van der Waals surface area contributed by atoms with Crippen LogP contribution >= 0.6 is 22.9 Å². The van der Waals surface area contributed by atoms with Gasteiger partial charge in [-0.1, -0.05) is 96.5 Å². The second-order valence-electron chi connectivity index (χ2n) is 20.5. The van der Waals surface area contributed by atoms with Crippen LogP contribution in [0.4, 0.5) is 8.78 Å². The number of hydrogen-bond donors (Lipinski definition) is 4. The largest absolute Gasteiger partial charge is 0.491 e. The van der Waals surface area contributed by atoms with Gasteiger partial charge in [-0.15, -0.1) is 11.3 Å². The number of aliphatic hydroxyl groups excluding tert-OH is 1. The molecule has 1 saturated heterocycles. The number of β-amino-alcohol motifs (C(OH)–C–C–N with tert-alkyl or cyclic N) is 1. The Labute approximate surface area is 427 Å². The van der Waals surface area contributed by atoms with Crippen LogP contribution in [-0.2, 0) is 25.7 Å². The summed E-state index contributed by atoms with van der Waals surface area (Å²) in [7, 11) is 0. The standard InChI is InChI=1S/C54H59ClF2N6O8S/c1-30-45(72-29-60-30)33-11-9-31(10-12-33)26-59-48(67)42-23-36(64)27-63(42)49(68)46(52(2,3)4)61-43(65)28-69-19-20-70-37-16-13-32(14-17-37)44-40(56)21-35(22-41(44)57)47(66)62-50-53(5,6)51(54(50,7)8)71-38-18-15-34(25-58)39(55)24-38/h9-18,21-22,24,29,36,42,46,50-51,64H,19-20,23,26-28H2,1-8H3,(H,59,67)(H,61,65)(H,62,66)/t36-,42+,46?,50?,51?/m1/s1. The van der Waals surface area contributed by atoms with Crippen molar-refractivity contribution in [1.29, 1.82) is 5.26 Å². The molecule has 4 amide bonds. The van der Waals surface area contributed by atoms with Gasteiger partial charge in [0.15, 0.2) is 0 Å². The molecule has 4 aromatic carbocycles. The maximum absolute atomic E-state index is 15.6. The van der Waals surface area contributed by atoms with Gasteiger partial charge in [-0.2, -0.15) is 5.26 Å². The van der Waals surface area contributed by atoms with Gasteiger partial charge in [-0.3, -0.25) is 19.2 Å². The van der Waals surface area contributed by atoms with Crippen molar-refractivity contribution < 1.29 is 47.3 Å². The number of carbonyl (C=O) groups excluding carboxylic acids is 4. The molecule has 18 heteroatoms. The number of thiazole rings is 1. The van der Waals surface area contributed by atoms with Crippen molar-refractivity contribution in [2.45, 2.75) is 98.7 Å². The van der Waals surface area contributed by atoms with E-state index in [1.807, 2.05) is 65.0 Å². The Bertz CT molecular complexity index is 2820. The Kier molecular flexibility index (Phi) is 16.1. The van der Waals surface area contributed by atoms with Crippen molar-refractivity contribution in [2.75, 3.05) is 26.4 Å². The average Bonchev–Trinajstić information content (AvgIpc) is 3.95. The van der Waals surface area contributed by atoms with Gasteiger partial charge < -0.3 is 40.2 Å².